The summed E-state index contributed by atoms with van der Waals surface area (Å²) in [4.78, 5) is 0. The first-order valence-corrected chi connectivity index (χ1v) is 10.9. The second kappa shape index (κ2) is 18.3. The van der Waals surface area contributed by atoms with Crippen LogP contribution in [0.2, 0.25) is 0 Å². The Morgan fingerprint density at radius 2 is 0.826 bits per heavy atom. The van der Waals surface area contributed by atoms with Gasteiger partial charge >= 0.3 is 0 Å². The molecular formula is C22H46O. The smallest absolute Gasteiger partial charge is 0.0540 e. The van der Waals surface area contributed by atoms with Gasteiger partial charge in [0.05, 0.1) is 6.10 Å². The molecule has 2 unspecified atom stereocenters. The van der Waals surface area contributed by atoms with Gasteiger partial charge < -0.3 is 5.11 Å². The van der Waals surface area contributed by atoms with E-state index in [0.29, 0.717) is 5.92 Å². The van der Waals surface area contributed by atoms with E-state index in [1.807, 2.05) is 6.92 Å². The Morgan fingerprint density at radius 1 is 0.522 bits per heavy atom. The summed E-state index contributed by atoms with van der Waals surface area (Å²) in [5.41, 5.74) is 0. The zero-order valence-corrected chi connectivity index (χ0v) is 16.6. The molecule has 0 aliphatic heterocycles. The van der Waals surface area contributed by atoms with E-state index in [9.17, 15) is 5.11 Å². The van der Waals surface area contributed by atoms with Crippen LogP contribution >= 0.6 is 0 Å². The Balaban J connectivity index is 3.32. The Labute approximate surface area is 147 Å². The minimum Gasteiger partial charge on any atom is -0.393 e. The van der Waals surface area contributed by atoms with Gasteiger partial charge in [-0.3, -0.25) is 0 Å². The minimum atomic E-state index is -0.112. The van der Waals surface area contributed by atoms with Crippen LogP contribution in [0.25, 0.3) is 0 Å². The SMILES string of the molecule is CCCCCCCCCCCCCCC(CCCCC)C(C)O. The Kier molecular flexibility index (Phi) is 18.3. The van der Waals surface area contributed by atoms with Crippen LogP contribution in [0.3, 0.4) is 0 Å². The predicted molar refractivity (Wildman–Crippen MR) is 105 cm³/mol. The van der Waals surface area contributed by atoms with E-state index in [1.54, 1.807) is 0 Å². The van der Waals surface area contributed by atoms with E-state index in [2.05, 4.69) is 13.8 Å². The maximum atomic E-state index is 9.89. The van der Waals surface area contributed by atoms with Gasteiger partial charge in [-0.25, -0.2) is 0 Å². The number of hydrogen-bond donors (Lipinski definition) is 1. The third-order valence-corrected chi connectivity index (χ3v) is 5.29. The van der Waals surface area contributed by atoms with Crippen molar-refractivity contribution in [2.24, 2.45) is 5.92 Å². The van der Waals surface area contributed by atoms with Crippen molar-refractivity contribution < 1.29 is 5.11 Å². The summed E-state index contributed by atoms with van der Waals surface area (Å²) in [7, 11) is 0. The van der Waals surface area contributed by atoms with E-state index in [0.717, 1.165) is 0 Å². The van der Waals surface area contributed by atoms with Crippen molar-refractivity contribution >= 4 is 0 Å². The Hall–Kier alpha value is -0.0400. The fourth-order valence-corrected chi connectivity index (χ4v) is 3.53. The topological polar surface area (TPSA) is 20.2 Å². The lowest BCUT2D eigenvalue weighted by molar-refractivity contribution is 0.111. The average molecular weight is 327 g/mol. The molecule has 2 atom stereocenters. The number of unbranched alkanes of at least 4 members (excludes halogenated alkanes) is 13. The maximum absolute atomic E-state index is 9.89. The van der Waals surface area contributed by atoms with Crippen molar-refractivity contribution in [1.29, 1.82) is 0 Å². The third-order valence-electron chi connectivity index (χ3n) is 5.29. The fraction of sp³-hybridized carbons (Fsp3) is 1.00. The van der Waals surface area contributed by atoms with Crippen molar-refractivity contribution in [2.45, 2.75) is 136 Å². The van der Waals surface area contributed by atoms with Gasteiger partial charge in [-0.2, -0.15) is 0 Å². The lowest BCUT2D eigenvalue weighted by atomic mass is 9.90. The first kappa shape index (κ1) is 23.0. The molecule has 140 valence electrons. The van der Waals surface area contributed by atoms with Crippen LogP contribution in [0, 0.1) is 5.92 Å². The van der Waals surface area contributed by atoms with Crippen LogP contribution in [0.4, 0.5) is 0 Å². The molecule has 0 radical (unpaired) electrons. The summed E-state index contributed by atoms with van der Waals surface area (Å²) < 4.78 is 0. The van der Waals surface area contributed by atoms with Gasteiger partial charge in [0.25, 0.3) is 0 Å². The molecule has 1 N–H and O–H groups in total. The summed E-state index contributed by atoms with van der Waals surface area (Å²) in [6, 6.07) is 0. The zero-order valence-electron chi connectivity index (χ0n) is 16.6. The summed E-state index contributed by atoms with van der Waals surface area (Å²) >= 11 is 0. The second-order valence-corrected chi connectivity index (χ2v) is 7.67. The Bertz CT molecular complexity index is 212. The number of aliphatic hydroxyl groups is 1. The van der Waals surface area contributed by atoms with Gasteiger partial charge in [-0.15, -0.1) is 0 Å². The largest absolute Gasteiger partial charge is 0.393 e. The van der Waals surface area contributed by atoms with Crippen molar-refractivity contribution in [3.63, 3.8) is 0 Å². The number of hydrogen-bond acceptors (Lipinski definition) is 1. The molecule has 0 saturated carbocycles. The fourth-order valence-electron chi connectivity index (χ4n) is 3.53. The quantitative estimate of drug-likeness (QED) is 0.256. The summed E-state index contributed by atoms with van der Waals surface area (Å²) in [6.45, 7) is 6.52. The minimum absolute atomic E-state index is 0.112. The predicted octanol–water partition coefficient (Wildman–Crippen LogP) is 7.65. The lowest BCUT2D eigenvalue weighted by Gasteiger charge is -2.19. The molecule has 1 heteroatoms. The molecule has 0 aliphatic rings. The van der Waals surface area contributed by atoms with Crippen LogP contribution in [-0.4, -0.2) is 11.2 Å². The highest BCUT2D eigenvalue weighted by atomic mass is 16.3. The van der Waals surface area contributed by atoms with Gasteiger partial charge in [-0.1, -0.05) is 110 Å². The summed E-state index contributed by atoms with van der Waals surface area (Å²) in [6.07, 6.45) is 23.2. The Morgan fingerprint density at radius 3 is 1.22 bits per heavy atom. The molecule has 0 spiro atoms. The second-order valence-electron chi connectivity index (χ2n) is 7.67. The van der Waals surface area contributed by atoms with Crippen LogP contribution in [-0.2, 0) is 0 Å². The van der Waals surface area contributed by atoms with Crippen LogP contribution in [0.5, 0.6) is 0 Å². The van der Waals surface area contributed by atoms with Crippen LogP contribution in [0.15, 0.2) is 0 Å². The lowest BCUT2D eigenvalue weighted by Crippen LogP contribution is -2.16. The van der Waals surface area contributed by atoms with Gasteiger partial charge in [0.2, 0.25) is 0 Å². The molecule has 0 fully saturated rings. The van der Waals surface area contributed by atoms with E-state index in [4.69, 9.17) is 0 Å². The van der Waals surface area contributed by atoms with E-state index in [1.165, 1.54) is 109 Å². The maximum Gasteiger partial charge on any atom is 0.0540 e. The van der Waals surface area contributed by atoms with Gasteiger partial charge in [-0.05, 0) is 25.7 Å². The van der Waals surface area contributed by atoms with Crippen LogP contribution in [0.1, 0.15) is 130 Å². The van der Waals surface area contributed by atoms with Gasteiger partial charge in [0.15, 0.2) is 0 Å². The molecule has 0 rings (SSSR count). The van der Waals surface area contributed by atoms with Crippen LogP contribution < -0.4 is 0 Å². The first-order chi connectivity index (χ1) is 11.2. The number of aliphatic hydroxyl groups excluding tert-OH is 1. The van der Waals surface area contributed by atoms with Crippen molar-refractivity contribution in [2.75, 3.05) is 0 Å². The molecule has 0 bridgehead atoms. The zero-order chi connectivity index (χ0) is 17.2. The van der Waals surface area contributed by atoms with Crippen molar-refractivity contribution in [3.05, 3.63) is 0 Å². The van der Waals surface area contributed by atoms with Crippen molar-refractivity contribution in [1.82, 2.24) is 0 Å². The number of rotatable bonds is 18. The molecule has 0 saturated heterocycles. The van der Waals surface area contributed by atoms with E-state index in [-0.39, 0.29) is 6.10 Å². The molecule has 0 heterocycles. The van der Waals surface area contributed by atoms with Gasteiger partial charge in [0.1, 0.15) is 0 Å². The first-order valence-electron chi connectivity index (χ1n) is 10.9. The normalized spacial score (nSPS) is 14.1. The summed E-state index contributed by atoms with van der Waals surface area (Å²) in [5.74, 6) is 0.546. The molecule has 0 aromatic heterocycles. The molecular weight excluding hydrogens is 280 g/mol. The average Bonchev–Trinajstić information content (AvgIpc) is 2.54. The molecule has 0 aliphatic carbocycles. The van der Waals surface area contributed by atoms with E-state index >= 15 is 0 Å². The molecule has 1 nitrogen and oxygen atoms in total. The molecule has 23 heavy (non-hydrogen) atoms. The third kappa shape index (κ3) is 16.6. The highest BCUT2D eigenvalue weighted by Gasteiger charge is 2.13. The molecule has 0 aromatic carbocycles. The monoisotopic (exact) mass is 326 g/mol. The highest BCUT2D eigenvalue weighted by molar-refractivity contribution is 4.65. The van der Waals surface area contributed by atoms with E-state index < -0.39 is 0 Å². The summed E-state index contributed by atoms with van der Waals surface area (Å²) in [5, 5.41) is 9.89. The molecule has 0 aromatic rings. The molecule has 0 amide bonds. The van der Waals surface area contributed by atoms with Crippen molar-refractivity contribution in [3.8, 4) is 0 Å². The standard InChI is InChI=1S/C22H46O/c1-4-6-8-9-10-11-12-13-14-15-16-18-20-22(21(3)23)19-17-7-5-2/h21-23H,4-20H2,1-3H3. The highest BCUT2D eigenvalue weighted by Crippen LogP contribution is 2.21. The van der Waals surface area contributed by atoms with Gasteiger partial charge in [0, 0.05) is 0 Å².